The van der Waals surface area contributed by atoms with Crippen LogP contribution in [0.4, 0.5) is 0 Å². The summed E-state index contributed by atoms with van der Waals surface area (Å²) >= 11 is 5.87. The first kappa shape index (κ1) is 12.8. The second kappa shape index (κ2) is 4.69. The summed E-state index contributed by atoms with van der Waals surface area (Å²) in [7, 11) is 0. The van der Waals surface area contributed by atoms with Crippen LogP contribution in [0.1, 0.15) is 16.1 Å². The second-order valence-corrected chi connectivity index (χ2v) is 5.05. The number of benzene rings is 2. The van der Waals surface area contributed by atoms with Crippen molar-refractivity contribution in [3.63, 3.8) is 0 Å². The average Bonchev–Trinajstić information content (AvgIpc) is 2.78. The molecule has 1 N–H and O–H groups in total. The van der Waals surface area contributed by atoms with Gasteiger partial charge in [0.05, 0.1) is 0 Å². The number of hydrogen-bond acceptors (Lipinski definition) is 2. The van der Waals surface area contributed by atoms with Crippen molar-refractivity contribution >= 4 is 28.5 Å². The van der Waals surface area contributed by atoms with Crippen LogP contribution in [0.5, 0.6) is 0 Å². The monoisotopic (exact) mass is 286 g/mol. The molecule has 0 aliphatic carbocycles. The third-order valence-corrected chi connectivity index (χ3v) is 3.42. The minimum atomic E-state index is -1.08. The first-order valence-electron chi connectivity index (χ1n) is 6.08. The number of halogens is 1. The summed E-state index contributed by atoms with van der Waals surface area (Å²) < 4.78 is 5.49. The maximum atomic E-state index is 11.4. The van der Waals surface area contributed by atoms with Gasteiger partial charge in [0, 0.05) is 16.0 Å². The van der Waals surface area contributed by atoms with Gasteiger partial charge in [-0.25, -0.2) is 4.79 Å². The molecule has 3 rings (SSSR count). The van der Waals surface area contributed by atoms with E-state index in [0.29, 0.717) is 16.2 Å². The molecular formula is C16H11ClO3. The van der Waals surface area contributed by atoms with Crippen LogP contribution in [-0.4, -0.2) is 11.1 Å². The number of rotatable bonds is 2. The summed E-state index contributed by atoms with van der Waals surface area (Å²) in [6, 6.07) is 12.7. The molecule has 0 bridgehead atoms. The van der Waals surface area contributed by atoms with E-state index in [4.69, 9.17) is 16.0 Å². The Labute approximate surface area is 120 Å². The highest BCUT2D eigenvalue weighted by atomic mass is 35.5. The van der Waals surface area contributed by atoms with Crippen LogP contribution in [0.15, 0.2) is 46.9 Å². The molecule has 0 radical (unpaired) electrons. The maximum absolute atomic E-state index is 11.4. The molecule has 0 unspecified atom stereocenters. The first-order chi connectivity index (χ1) is 9.56. The molecule has 0 fully saturated rings. The molecule has 100 valence electrons. The predicted molar refractivity (Wildman–Crippen MR) is 78.4 cm³/mol. The lowest BCUT2D eigenvalue weighted by atomic mass is 10.0. The van der Waals surface area contributed by atoms with Crippen LogP contribution in [0, 0.1) is 6.92 Å². The maximum Gasteiger partial charge on any atom is 0.372 e. The Morgan fingerprint density at radius 1 is 1.15 bits per heavy atom. The summed E-state index contributed by atoms with van der Waals surface area (Å²) in [6.45, 7) is 1.93. The molecule has 0 aliphatic heterocycles. The molecule has 0 saturated carbocycles. The number of carboxylic acid groups (broad SMARTS) is 1. The predicted octanol–water partition coefficient (Wildman–Crippen LogP) is 4.76. The molecule has 0 atom stereocenters. The first-order valence-corrected chi connectivity index (χ1v) is 6.46. The van der Waals surface area contributed by atoms with Gasteiger partial charge < -0.3 is 9.52 Å². The Kier molecular flexibility index (Phi) is 2.99. The van der Waals surface area contributed by atoms with Crippen LogP contribution >= 0.6 is 11.6 Å². The van der Waals surface area contributed by atoms with Crippen LogP contribution < -0.4 is 0 Å². The van der Waals surface area contributed by atoms with Crippen molar-refractivity contribution in [2.45, 2.75) is 6.92 Å². The Hall–Kier alpha value is -2.26. The Bertz CT molecular complexity index is 800. The van der Waals surface area contributed by atoms with E-state index in [1.165, 1.54) is 0 Å². The number of aromatic carboxylic acids is 1. The Morgan fingerprint density at radius 3 is 2.50 bits per heavy atom. The van der Waals surface area contributed by atoms with Gasteiger partial charge >= 0.3 is 5.97 Å². The van der Waals surface area contributed by atoms with Crippen LogP contribution in [0.25, 0.3) is 22.1 Å². The van der Waals surface area contributed by atoms with Crippen LogP contribution in [-0.2, 0) is 0 Å². The smallest absolute Gasteiger partial charge is 0.372 e. The highest BCUT2D eigenvalue weighted by Gasteiger charge is 2.21. The number of aryl methyl sites for hydroxylation is 1. The third-order valence-electron chi connectivity index (χ3n) is 3.17. The molecular weight excluding hydrogens is 276 g/mol. The van der Waals surface area contributed by atoms with Gasteiger partial charge in [-0.1, -0.05) is 35.9 Å². The van der Waals surface area contributed by atoms with Crippen molar-refractivity contribution in [2.24, 2.45) is 0 Å². The van der Waals surface area contributed by atoms with Gasteiger partial charge in [0.2, 0.25) is 5.76 Å². The molecule has 0 amide bonds. The summed E-state index contributed by atoms with van der Waals surface area (Å²) in [5.74, 6) is -1.13. The lowest BCUT2D eigenvalue weighted by molar-refractivity contribution is 0.0666. The minimum absolute atomic E-state index is 0.0482. The summed E-state index contributed by atoms with van der Waals surface area (Å²) in [6.07, 6.45) is 0. The van der Waals surface area contributed by atoms with Crippen molar-refractivity contribution < 1.29 is 14.3 Å². The normalized spacial score (nSPS) is 10.9. The van der Waals surface area contributed by atoms with E-state index in [1.807, 2.05) is 25.1 Å². The quantitative estimate of drug-likeness (QED) is 0.739. The molecule has 0 saturated heterocycles. The van der Waals surface area contributed by atoms with Crippen molar-refractivity contribution in [3.05, 3.63) is 58.8 Å². The van der Waals surface area contributed by atoms with Gasteiger partial charge in [-0.05, 0) is 36.2 Å². The fourth-order valence-corrected chi connectivity index (χ4v) is 2.38. The minimum Gasteiger partial charge on any atom is -0.475 e. The van der Waals surface area contributed by atoms with Gasteiger partial charge in [-0.2, -0.15) is 0 Å². The molecule has 3 nitrogen and oxygen atoms in total. The number of furan rings is 1. The summed E-state index contributed by atoms with van der Waals surface area (Å²) in [5, 5.41) is 10.7. The van der Waals surface area contributed by atoms with E-state index in [-0.39, 0.29) is 5.76 Å². The third kappa shape index (κ3) is 2.06. The van der Waals surface area contributed by atoms with E-state index in [2.05, 4.69) is 0 Å². The van der Waals surface area contributed by atoms with Crippen molar-refractivity contribution in [2.75, 3.05) is 0 Å². The molecule has 1 aromatic heterocycles. The van der Waals surface area contributed by atoms with Crippen molar-refractivity contribution in [1.82, 2.24) is 0 Å². The number of hydrogen-bond donors (Lipinski definition) is 1. The van der Waals surface area contributed by atoms with Crippen LogP contribution in [0.3, 0.4) is 0 Å². The lowest BCUT2D eigenvalue weighted by Gasteiger charge is -2.01. The second-order valence-electron chi connectivity index (χ2n) is 4.62. The number of carbonyl (C=O) groups is 1. The zero-order valence-electron chi connectivity index (χ0n) is 10.7. The van der Waals surface area contributed by atoms with Crippen LogP contribution in [0.2, 0.25) is 5.02 Å². The van der Waals surface area contributed by atoms with Gasteiger partial charge in [0.15, 0.2) is 0 Å². The Morgan fingerprint density at radius 2 is 1.85 bits per heavy atom. The largest absolute Gasteiger partial charge is 0.475 e. The number of fused-ring (bicyclic) bond motifs is 1. The lowest BCUT2D eigenvalue weighted by Crippen LogP contribution is -1.95. The zero-order valence-corrected chi connectivity index (χ0v) is 11.4. The topological polar surface area (TPSA) is 50.4 Å². The molecule has 4 heteroatoms. The van der Waals surface area contributed by atoms with E-state index in [1.54, 1.807) is 24.3 Å². The Balaban J connectivity index is 2.34. The highest BCUT2D eigenvalue weighted by Crippen LogP contribution is 2.35. The standard InChI is InChI=1S/C16H11ClO3/c1-9-2-7-12-13(8-9)20-15(16(18)19)14(12)10-3-5-11(17)6-4-10/h2-8H,1H3,(H,18,19). The van der Waals surface area contributed by atoms with Gasteiger partial charge in [-0.15, -0.1) is 0 Å². The molecule has 0 spiro atoms. The number of carboxylic acids is 1. The zero-order chi connectivity index (χ0) is 14.3. The van der Waals surface area contributed by atoms with E-state index in [9.17, 15) is 9.90 Å². The average molecular weight is 287 g/mol. The molecule has 0 aliphatic rings. The highest BCUT2D eigenvalue weighted by molar-refractivity contribution is 6.30. The molecule has 20 heavy (non-hydrogen) atoms. The van der Waals surface area contributed by atoms with E-state index in [0.717, 1.165) is 16.5 Å². The fraction of sp³-hybridized carbons (Fsp3) is 0.0625. The van der Waals surface area contributed by atoms with Crippen molar-refractivity contribution in [3.8, 4) is 11.1 Å². The SMILES string of the molecule is Cc1ccc2c(-c3ccc(Cl)cc3)c(C(=O)O)oc2c1. The van der Waals surface area contributed by atoms with Gasteiger partial charge in [0.25, 0.3) is 0 Å². The van der Waals surface area contributed by atoms with Crippen molar-refractivity contribution in [1.29, 1.82) is 0 Å². The molecule has 1 heterocycles. The molecule has 3 aromatic rings. The van der Waals surface area contributed by atoms with Gasteiger partial charge in [0.1, 0.15) is 5.58 Å². The van der Waals surface area contributed by atoms with E-state index < -0.39 is 5.97 Å². The van der Waals surface area contributed by atoms with Gasteiger partial charge in [-0.3, -0.25) is 0 Å². The van der Waals surface area contributed by atoms with E-state index >= 15 is 0 Å². The molecule has 2 aromatic carbocycles. The fourth-order valence-electron chi connectivity index (χ4n) is 2.26. The summed E-state index contributed by atoms with van der Waals surface area (Å²) in [5.41, 5.74) is 2.96. The summed E-state index contributed by atoms with van der Waals surface area (Å²) in [4.78, 5) is 11.4.